The van der Waals surface area contributed by atoms with Crippen LogP contribution in [0.25, 0.3) is 15.9 Å². The number of likely N-dealkylation sites (N-methyl/N-ethyl adjacent to an activating group) is 1. The second kappa shape index (κ2) is 9.07. The van der Waals surface area contributed by atoms with Crippen LogP contribution in [0.4, 0.5) is 5.69 Å². The van der Waals surface area contributed by atoms with Crippen molar-refractivity contribution in [2.45, 2.75) is 19.8 Å². The summed E-state index contributed by atoms with van der Waals surface area (Å²) in [5.41, 5.74) is 2.82. The van der Waals surface area contributed by atoms with Crippen LogP contribution in [0.15, 0.2) is 41.5 Å². The average Bonchev–Trinajstić information content (AvgIpc) is 3.03. The average molecular weight is 413 g/mol. The van der Waals surface area contributed by atoms with Crippen molar-refractivity contribution < 1.29 is 4.74 Å². The lowest BCUT2D eigenvalue weighted by Crippen LogP contribution is -2.28. The molecule has 3 heterocycles. The molecule has 1 saturated heterocycles. The van der Waals surface area contributed by atoms with Crippen LogP contribution >= 0.6 is 11.3 Å². The monoisotopic (exact) mass is 412 g/mol. The van der Waals surface area contributed by atoms with Crippen LogP contribution in [-0.2, 0) is 11.2 Å². The maximum Gasteiger partial charge on any atom is 0.275 e. The van der Waals surface area contributed by atoms with Crippen molar-refractivity contribution in [3.63, 3.8) is 0 Å². The van der Waals surface area contributed by atoms with Crippen LogP contribution in [0.2, 0.25) is 0 Å². The van der Waals surface area contributed by atoms with Crippen LogP contribution in [0, 0.1) is 0 Å². The fourth-order valence-electron chi connectivity index (χ4n) is 3.71. The first-order valence-corrected chi connectivity index (χ1v) is 11.1. The maximum absolute atomic E-state index is 13.0. The number of hydrogen-bond donors (Lipinski definition) is 0. The zero-order valence-electron chi connectivity index (χ0n) is 17.1. The van der Waals surface area contributed by atoms with Gasteiger partial charge in [-0.2, -0.15) is 0 Å². The molecule has 0 bridgehead atoms. The minimum absolute atomic E-state index is 0.00759. The van der Waals surface area contributed by atoms with Crippen molar-refractivity contribution in [3.8, 4) is 5.69 Å². The molecule has 3 aromatic rings. The Morgan fingerprint density at radius 3 is 2.69 bits per heavy atom. The summed E-state index contributed by atoms with van der Waals surface area (Å²) in [5, 5.41) is 0. The molecule has 1 aliphatic heterocycles. The molecule has 154 valence electrons. The quantitative estimate of drug-likeness (QED) is 0.582. The first-order valence-electron chi connectivity index (χ1n) is 10.3. The number of ether oxygens (including phenoxy) is 1. The largest absolute Gasteiger partial charge is 0.381 e. The maximum atomic E-state index is 13.0. The molecule has 1 fully saturated rings. The number of aromatic nitrogens is 2. The molecule has 7 heteroatoms. The van der Waals surface area contributed by atoms with Crippen LogP contribution < -0.4 is 10.5 Å². The second-order valence-electron chi connectivity index (χ2n) is 7.45. The van der Waals surface area contributed by atoms with Crippen LogP contribution in [-0.4, -0.2) is 60.9 Å². The zero-order valence-corrected chi connectivity index (χ0v) is 18.0. The molecule has 0 N–H and O–H groups in total. The summed E-state index contributed by atoms with van der Waals surface area (Å²) in [6, 6.07) is 10.3. The van der Waals surface area contributed by atoms with Gasteiger partial charge >= 0.3 is 0 Å². The second-order valence-corrected chi connectivity index (χ2v) is 8.59. The Morgan fingerprint density at radius 1 is 1.10 bits per heavy atom. The van der Waals surface area contributed by atoms with E-state index in [9.17, 15) is 4.79 Å². The summed E-state index contributed by atoms with van der Waals surface area (Å²) in [4.78, 5) is 23.5. The molecule has 6 nitrogen and oxygen atoms in total. The predicted octanol–water partition coefficient (Wildman–Crippen LogP) is 3.17. The molecular formula is C22H28N4O2S. The number of hydrogen-bond acceptors (Lipinski definition) is 6. The highest BCUT2D eigenvalue weighted by Gasteiger charge is 2.14. The Kier molecular flexibility index (Phi) is 6.28. The molecule has 0 amide bonds. The van der Waals surface area contributed by atoms with Gasteiger partial charge in [-0.25, -0.2) is 4.98 Å². The smallest absolute Gasteiger partial charge is 0.275 e. The van der Waals surface area contributed by atoms with E-state index < -0.39 is 0 Å². The lowest BCUT2D eigenvalue weighted by atomic mass is 10.2. The highest BCUT2D eigenvalue weighted by molar-refractivity contribution is 7.18. The van der Waals surface area contributed by atoms with E-state index in [0.29, 0.717) is 17.9 Å². The highest BCUT2D eigenvalue weighted by atomic mass is 32.1. The van der Waals surface area contributed by atoms with Crippen molar-refractivity contribution >= 4 is 27.2 Å². The third-order valence-electron chi connectivity index (χ3n) is 5.40. The molecule has 0 aliphatic carbocycles. The van der Waals surface area contributed by atoms with Crippen molar-refractivity contribution in [3.05, 3.63) is 51.9 Å². The lowest BCUT2D eigenvalue weighted by molar-refractivity contribution is 0.151. The van der Waals surface area contributed by atoms with Crippen molar-refractivity contribution in [2.24, 2.45) is 0 Å². The van der Waals surface area contributed by atoms with Gasteiger partial charge in [0.1, 0.15) is 11.0 Å². The number of fused-ring (bicyclic) bond motifs is 1. The number of anilines is 1. The van der Waals surface area contributed by atoms with E-state index in [0.717, 1.165) is 48.7 Å². The topological polar surface area (TPSA) is 50.6 Å². The van der Waals surface area contributed by atoms with Gasteiger partial charge in [0.2, 0.25) is 0 Å². The van der Waals surface area contributed by atoms with Crippen LogP contribution in [0.3, 0.4) is 0 Å². The van der Waals surface area contributed by atoms with Gasteiger partial charge in [-0.05, 0) is 57.3 Å². The number of nitrogens with zero attached hydrogens (tertiary/aromatic N) is 4. The molecule has 4 rings (SSSR count). The molecular weight excluding hydrogens is 384 g/mol. The summed E-state index contributed by atoms with van der Waals surface area (Å²) in [6.45, 7) is 7.68. The lowest BCUT2D eigenvalue weighted by Gasteiger charge is -2.23. The molecule has 0 unspecified atom stereocenters. The SMILES string of the molecule is CCOCCc1cc2ncn(-c3ccc(N4CCCN(C)CC4)cc3)c(=O)c2s1. The number of rotatable bonds is 6. The van der Waals surface area contributed by atoms with Gasteiger partial charge in [-0.1, -0.05) is 0 Å². The summed E-state index contributed by atoms with van der Waals surface area (Å²) in [5.74, 6) is 0. The molecule has 0 saturated carbocycles. The Bertz CT molecular complexity index is 1010. The third-order valence-corrected chi connectivity index (χ3v) is 6.57. The van der Waals surface area contributed by atoms with Crippen molar-refractivity contribution in [2.75, 3.05) is 51.3 Å². The summed E-state index contributed by atoms with van der Waals surface area (Å²) in [6.07, 6.45) is 3.62. The predicted molar refractivity (Wildman–Crippen MR) is 120 cm³/mol. The van der Waals surface area contributed by atoms with Gasteiger partial charge in [-0.3, -0.25) is 9.36 Å². The fourth-order valence-corrected chi connectivity index (χ4v) is 4.73. The standard InChI is InChI=1S/C22H28N4O2S/c1-3-28-14-9-19-15-20-21(29-19)22(27)26(16-23-20)18-7-5-17(6-8-18)25-11-4-10-24(2)12-13-25/h5-8,15-16H,3-4,9-14H2,1-2H3. The first kappa shape index (κ1) is 20.1. The van der Waals surface area contributed by atoms with Gasteiger partial charge in [-0.15, -0.1) is 11.3 Å². The first-order chi connectivity index (χ1) is 14.2. The van der Waals surface area contributed by atoms with Crippen molar-refractivity contribution in [1.29, 1.82) is 0 Å². The Labute approximate surface area is 175 Å². The van der Waals surface area contributed by atoms with Gasteiger partial charge < -0.3 is 14.5 Å². The normalized spacial score (nSPS) is 15.7. The minimum Gasteiger partial charge on any atom is -0.381 e. The minimum atomic E-state index is -0.00759. The van der Waals surface area contributed by atoms with Crippen LogP contribution in [0.1, 0.15) is 18.2 Å². The Hall–Kier alpha value is -2.22. The van der Waals surface area contributed by atoms with Gasteiger partial charge in [0.25, 0.3) is 5.56 Å². The van der Waals surface area contributed by atoms with Crippen molar-refractivity contribution in [1.82, 2.24) is 14.5 Å². The van der Waals surface area contributed by atoms with E-state index in [2.05, 4.69) is 34.0 Å². The van der Waals surface area contributed by atoms with E-state index in [-0.39, 0.29) is 5.56 Å². The number of thiophene rings is 1. The Morgan fingerprint density at radius 2 is 1.90 bits per heavy atom. The van der Waals surface area contributed by atoms with E-state index in [1.54, 1.807) is 10.9 Å². The Balaban J connectivity index is 1.56. The van der Waals surface area contributed by atoms with E-state index >= 15 is 0 Å². The van der Waals surface area contributed by atoms with Crippen LogP contribution in [0.5, 0.6) is 0 Å². The molecule has 0 radical (unpaired) electrons. The van der Waals surface area contributed by atoms with E-state index in [1.807, 2.05) is 25.1 Å². The highest BCUT2D eigenvalue weighted by Crippen LogP contribution is 2.23. The van der Waals surface area contributed by atoms with Gasteiger partial charge in [0, 0.05) is 43.2 Å². The molecule has 0 spiro atoms. The summed E-state index contributed by atoms with van der Waals surface area (Å²) >= 11 is 1.52. The number of benzene rings is 1. The van der Waals surface area contributed by atoms with E-state index in [4.69, 9.17) is 4.74 Å². The molecule has 1 aromatic carbocycles. The molecule has 1 aliphatic rings. The van der Waals surface area contributed by atoms with Gasteiger partial charge in [0.05, 0.1) is 17.8 Å². The molecule has 2 aromatic heterocycles. The summed E-state index contributed by atoms with van der Waals surface area (Å²) in [7, 11) is 2.18. The molecule has 0 atom stereocenters. The third kappa shape index (κ3) is 4.52. The summed E-state index contributed by atoms with van der Waals surface area (Å²) < 4.78 is 7.78. The molecule has 29 heavy (non-hydrogen) atoms. The fraction of sp³-hybridized carbons (Fsp3) is 0.455. The zero-order chi connectivity index (χ0) is 20.2. The van der Waals surface area contributed by atoms with Gasteiger partial charge in [0.15, 0.2) is 0 Å². The van der Waals surface area contributed by atoms with E-state index in [1.165, 1.54) is 23.4 Å².